The Balaban J connectivity index is 1.98. The van der Waals surface area contributed by atoms with Gasteiger partial charge in [0.1, 0.15) is 0 Å². The molecular weight excluding hydrogens is 371 g/mol. The summed E-state index contributed by atoms with van der Waals surface area (Å²) in [4.78, 5) is 25.5. The molecule has 0 saturated carbocycles. The standard InChI is InChI=1S/C23H27O4P/c1-5-26-20(24)23(21(25)27-6-2)13-16-12-19(28-15-17(16)14-23)22(3,4)18-10-8-7-9-11-18/h7-12,15H,5-6,13-14H2,1-4H3. The second kappa shape index (κ2) is 8.05. The Bertz CT molecular complexity index is 855. The molecule has 2 aromatic rings. The first-order valence-electron chi connectivity index (χ1n) is 9.73. The van der Waals surface area contributed by atoms with Gasteiger partial charge < -0.3 is 9.47 Å². The third-order valence-corrected chi connectivity index (χ3v) is 6.94. The molecule has 3 rings (SSSR count). The van der Waals surface area contributed by atoms with Gasteiger partial charge in [0.25, 0.3) is 0 Å². The van der Waals surface area contributed by atoms with E-state index in [-0.39, 0.29) is 18.6 Å². The van der Waals surface area contributed by atoms with Crippen molar-refractivity contribution < 1.29 is 19.1 Å². The fourth-order valence-corrected chi connectivity index (χ4v) is 5.05. The van der Waals surface area contributed by atoms with Gasteiger partial charge in [-0.3, -0.25) is 9.59 Å². The summed E-state index contributed by atoms with van der Waals surface area (Å²) in [6.07, 6.45) is 0.683. The molecule has 1 aromatic heterocycles. The lowest BCUT2D eigenvalue weighted by atomic mass is 9.82. The van der Waals surface area contributed by atoms with Crippen LogP contribution in [0.2, 0.25) is 0 Å². The van der Waals surface area contributed by atoms with E-state index in [1.165, 1.54) is 10.9 Å². The van der Waals surface area contributed by atoms with Gasteiger partial charge in [-0.15, -0.1) is 0 Å². The van der Waals surface area contributed by atoms with Crippen molar-refractivity contribution >= 4 is 20.1 Å². The fourth-order valence-electron chi connectivity index (χ4n) is 3.82. The van der Waals surface area contributed by atoms with E-state index in [0.29, 0.717) is 12.8 Å². The molecule has 1 aliphatic carbocycles. The van der Waals surface area contributed by atoms with Gasteiger partial charge in [0.15, 0.2) is 5.41 Å². The van der Waals surface area contributed by atoms with Crippen molar-refractivity contribution in [2.45, 2.75) is 46.0 Å². The first-order chi connectivity index (χ1) is 13.3. The number of hydrogen-bond acceptors (Lipinski definition) is 4. The molecule has 1 aromatic carbocycles. The van der Waals surface area contributed by atoms with Crippen molar-refractivity contribution in [2.24, 2.45) is 5.41 Å². The lowest BCUT2D eigenvalue weighted by Crippen LogP contribution is -2.43. The molecule has 0 unspecified atom stereocenters. The summed E-state index contributed by atoms with van der Waals surface area (Å²) in [6, 6.07) is 12.6. The maximum atomic E-state index is 12.7. The minimum absolute atomic E-state index is 0.142. The molecule has 0 fully saturated rings. The number of carbonyl (C=O) groups excluding carboxylic acids is 2. The van der Waals surface area contributed by atoms with E-state index in [2.05, 4.69) is 37.8 Å². The highest BCUT2D eigenvalue weighted by molar-refractivity contribution is 7.30. The van der Waals surface area contributed by atoms with Gasteiger partial charge in [-0.05, 0) is 48.1 Å². The van der Waals surface area contributed by atoms with Crippen LogP contribution in [0.3, 0.4) is 0 Å². The Morgan fingerprint density at radius 2 is 1.57 bits per heavy atom. The second-order valence-corrected chi connectivity index (χ2v) is 8.70. The van der Waals surface area contributed by atoms with Crippen LogP contribution in [0.5, 0.6) is 0 Å². The Labute approximate surface area is 168 Å². The summed E-state index contributed by atoms with van der Waals surface area (Å²) in [6.45, 7) is 8.41. The SMILES string of the molecule is CCOC(=O)C1(C(=O)OCC)Cc2cpc(C(C)(C)c3ccccc3)cc2C1. The maximum absolute atomic E-state index is 12.7. The van der Waals surface area contributed by atoms with Gasteiger partial charge in [0.2, 0.25) is 0 Å². The normalized spacial score (nSPS) is 15.3. The van der Waals surface area contributed by atoms with E-state index in [4.69, 9.17) is 9.47 Å². The molecule has 5 heteroatoms. The van der Waals surface area contributed by atoms with Crippen molar-refractivity contribution in [3.05, 3.63) is 64.2 Å². The van der Waals surface area contributed by atoms with Crippen LogP contribution in [0, 0.1) is 5.41 Å². The molecule has 28 heavy (non-hydrogen) atoms. The highest BCUT2D eigenvalue weighted by atomic mass is 31.0. The number of ether oxygens (including phenoxy) is 2. The molecule has 0 aliphatic heterocycles. The average molecular weight is 398 g/mol. The molecule has 1 heterocycles. The first kappa shape index (κ1) is 20.5. The summed E-state index contributed by atoms with van der Waals surface area (Å²) in [5.74, 6) is 1.17. The Kier molecular flexibility index (Phi) is 5.90. The smallest absolute Gasteiger partial charge is 0.324 e. The van der Waals surface area contributed by atoms with E-state index in [0.717, 1.165) is 19.3 Å². The molecule has 0 radical (unpaired) electrons. The van der Waals surface area contributed by atoms with E-state index < -0.39 is 17.4 Å². The highest BCUT2D eigenvalue weighted by Gasteiger charge is 2.53. The van der Waals surface area contributed by atoms with Crippen LogP contribution >= 0.6 is 8.19 Å². The Morgan fingerprint density at radius 3 is 2.14 bits per heavy atom. The van der Waals surface area contributed by atoms with Crippen LogP contribution in [0.4, 0.5) is 0 Å². The van der Waals surface area contributed by atoms with Gasteiger partial charge in [-0.25, -0.2) is 0 Å². The quantitative estimate of drug-likeness (QED) is 0.518. The largest absolute Gasteiger partial charge is 0.465 e. The van der Waals surface area contributed by atoms with Crippen molar-refractivity contribution in [1.29, 1.82) is 0 Å². The van der Waals surface area contributed by atoms with E-state index in [9.17, 15) is 9.59 Å². The van der Waals surface area contributed by atoms with E-state index in [1.807, 2.05) is 18.2 Å². The van der Waals surface area contributed by atoms with Gasteiger partial charge in [0.05, 0.1) is 13.2 Å². The number of fused-ring (bicyclic) bond motifs is 1. The zero-order valence-electron chi connectivity index (χ0n) is 17.0. The Morgan fingerprint density at radius 1 is 1.00 bits per heavy atom. The summed E-state index contributed by atoms with van der Waals surface area (Å²) >= 11 is 0. The van der Waals surface area contributed by atoms with Crippen molar-refractivity contribution in [2.75, 3.05) is 13.2 Å². The number of rotatable bonds is 6. The highest BCUT2D eigenvalue weighted by Crippen LogP contribution is 2.44. The third kappa shape index (κ3) is 3.58. The molecule has 0 saturated heterocycles. The Hall–Kier alpha value is -2.19. The minimum atomic E-state index is -1.26. The van der Waals surface area contributed by atoms with Gasteiger partial charge in [0, 0.05) is 11.8 Å². The molecule has 0 spiro atoms. The number of hydrogen-bond donors (Lipinski definition) is 0. The molecule has 0 N–H and O–H groups in total. The summed E-state index contributed by atoms with van der Waals surface area (Å²) in [7, 11) is 1.09. The topological polar surface area (TPSA) is 52.6 Å². The summed E-state index contributed by atoms with van der Waals surface area (Å²) < 4.78 is 10.5. The van der Waals surface area contributed by atoms with Crippen LogP contribution in [0.1, 0.15) is 49.7 Å². The lowest BCUT2D eigenvalue weighted by molar-refractivity contribution is -0.171. The van der Waals surface area contributed by atoms with Crippen LogP contribution in [0.25, 0.3) is 0 Å². The summed E-state index contributed by atoms with van der Waals surface area (Å²) in [5, 5.41) is 1.25. The number of carbonyl (C=O) groups is 2. The lowest BCUT2D eigenvalue weighted by Gasteiger charge is -2.26. The molecule has 148 valence electrons. The first-order valence-corrected chi connectivity index (χ1v) is 10.7. The van der Waals surface area contributed by atoms with Crippen LogP contribution < -0.4 is 0 Å². The van der Waals surface area contributed by atoms with Crippen LogP contribution in [-0.4, -0.2) is 25.2 Å². The average Bonchev–Trinajstić information content (AvgIpc) is 3.09. The van der Waals surface area contributed by atoms with Gasteiger partial charge in [-0.1, -0.05) is 58.4 Å². The number of esters is 2. The van der Waals surface area contributed by atoms with E-state index >= 15 is 0 Å². The van der Waals surface area contributed by atoms with Crippen molar-refractivity contribution in [3.63, 3.8) is 0 Å². The minimum Gasteiger partial charge on any atom is -0.465 e. The zero-order valence-corrected chi connectivity index (χ0v) is 17.8. The van der Waals surface area contributed by atoms with E-state index in [1.54, 1.807) is 13.8 Å². The fraction of sp³-hybridized carbons (Fsp3) is 0.435. The molecule has 0 bridgehead atoms. The molecule has 1 aliphatic rings. The third-order valence-electron chi connectivity index (χ3n) is 5.54. The molecular formula is C23H27O4P. The predicted octanol–water partition coefficient (Wildman–Crippen LogP) is 4.80. The number of benzene rings is 1. The van der Waals surface area contributed by atoms with Gasteiger partial charge in [-0.2, -0.15) is 0 Å². The molecule has 0 amide bonds. The van der Waals surface area contributed by atoms with Gasteiger partial charge >= 0.3 is 11.9 Å². The van der Waals surface area contributed by atoms with Crippen LogP contribution in [0.15, 0.2) is 42.2 Å². The molecule has 4 nitrogen and oxygen atoms in total. The zero-order chi connectivity index (χ0) is 20.4. The molecule has 0 atom stereocenters. The summed E-state index contributed by atoms with van der Waals surface area (Å²) in [5.41, 5.74) is 1.93. The van der Waals surface area contributed by atoms with Crippen molar-refractivity contribution in [1.82, 2.24) is 0 Å². The van der Waals surface area contributed by atoms with Crippen LogP contribution in [-0.2, 0) is 37.3 Å². The van der Waals surface area contributed by atoms with Crippen molar-refractivity contribution in [3.8, 4) is 0 Å². The second-order valence-electron chi connectivity index (χ2n) is 7.71. The monoisotopic (exact) mass is 398 g/mol. The maximum Gasteiger partial charge on any atom is 0.324 e. The predicted molar refractivity (Wildman–Crippen MR) is 111 cm³/mol.